The van der Waals surface area contributed by atoms with Gasteiger partial charge in [-0.1, -0.05) is 13.8 Å². The number of hydrogen-bond acceptors (Lipinski definition) is 3. The molecule has 1 unspecified atom stereocenters. The summed E-state index contributed by atoms with van der Waals surface area (Å²) in [6, 6.07) is 1.60. The molecular weight excluding hydrogens is 198 g/mol. The molecular formula is C13H27N3. The summed E-state index contributed by atoms with van der Waals surface area (Å²) in [4.78, 5) is 5.33. The quantitative estimate of drug-likeness (QED) is 0.770. The third-order valence-electron chi connectivity index (χ3n) is 4.06. The van der Waals surface area contributed by atoms with Crippen LogP contribution >= 0.6 is 0 Å². The van der Waals surface area contributed by atoms with Crippen molar-refractivity contribution in [2.24, 2.45) is 5.92 Å². The summed E-state index contributed by atoms with van der Waals surface area (Å²) in [6.45, 7) is 14.5. The van der Waals surface area contributed by atoms with Crippen molar-refractivity contribution in [1.82, 2.24) is 15.1 Å². The van der Waals surface area contributed by atoms with E-state index in [0.717, 1.165) is 18.0 Å². The molecule has 2 heterocycles. The molecule has 2 fully saturated rings. The minimum atomic E-state index is 0.765. The lowest BCUT2D eigenvalue weighted by Gasteiger charge is -2.45. The van der Waals surface area contributed by atoms with E-state index in [2.05, 4.69) is 35.9 Å². The molecule has 0 spiro atoms. The second-order valence-electron chi connectivity index (χ2n) is 5.86. The lowest BCUT2D eigenvalue weighted by Crippen LogP contribution is -2.62. The monoisotopic (exact) mass is 225 g/mol. The lowest BCUT2D eigenvalue weighted by atomic mass is 10.0. The molecule has 3 heteroatoms. The normalized spacial score (nSPS) is 27.0. The van der Waals surface area contributed by atoms with E-state index in [1.807, 2.05) is 0 Å². The van der Waals surface area contributed by atoms with Crippen molar-refractivity contribution in [2.45, 2.75) is 39.3 Å². The van der Waals surface area contributed by atoms with Crippen LogP contribution < -0.4 is 5.32 Å². The van der Waals surface area contributed by atoms with Gasteiger partial charge in [-0.3, -0.25) is 9.80 Å². The highest BCUT2D eigenvalue weighted by Gasteiger charge is 2.28. The number of nitrogens with one attached hydrogen (secondary N) is 1. The number of hydrogen-bond donors (Lipinski definition) is 1. The smallest absolute Gasteiger partial charge is 0.0346 e. The van der Waals surface area contributed by atoms with Gasteiger partial charge in [0, 0.05) is 51.4 Å². The van der Waals surface area contributed by atoms with Crippen molar-refractivity contribution in [2.75, 3.05) is 39.3 Å². The van der Waals surface area contributed by atoms with Crippen molar-refractivity contribution < 1.29 is 0 Å². The fourth-order valence-corrected chi connectivity index (χ4v) is 2.91. The molecule has 0 aromatic carbocycles. The first-order valence-electron chi connectivity index (χ1n) is 6.85. The average molecular weight is 225 g/mol. The summed E-state index contributed by atoms with van der Waals surface area (Å²) in [5.41, 5.74) is 0. The Balaban J connectivity index is 1.71. The second kappa shape index (κ2) is 5.48. The molecule has 0 radical (unpaired) electrons. The van der Waals surface area contributed by atoms with E-state index in [0.29, 0.717) is 0 Å². The van der Waals surface area contributed by atoms with Crippen LogP contribution in [-0.4, -0.2) is 61.2 Å². The van der Waals surface area contributed by atoms with Crippen LogP contribution in [0.2, 0.25) is 0 Å². The first kappa shape index (κ1) is 12.3. The molecule has 0 aromatic rings. The van der Waals surface area contributed by atoms with Crippen LogP contribution in [0.4, 0.5) is 0 Å². The molecule has 2 saturated heterocycles. The minimum Gasteiger partial charge on any atom is -0.314 e. The predicted molar refractivity (Wildman–Crippen MR) is 68.7 cm³/mol. The van der Waals surface area contributed by atoms with Crippen LogP contribution in [0.5, 0.6) is 0 Å². The van der Waals surface area contributed by atoms with Gasteiger partial charge in [0.2, 0.25) is 0 Å². The van der Waals surface area contributed by atoms with Crippen LogP contribution in [0.1, 0.15) is 27.2 Å². The zero-order chi connectivity index (χ0) is 11.5. The van der Waals surface area contributed by atoms with Crippen molar-refractivity contribution in [3.63, 3.8) is 0 Å². The standard InChI is InChI=1S/C13H27N3/c1-11(2)8-12(3)15-4-6-16(7-5-15)13-9-14-10-13/h11-14H,4-10H2,1-3H3. The molecule has 0 saturated carbocycles. The maximum atomic E-state index is 3.36. The first-order chi connectivity index (χ1) is 7.66. The Morgan fingerprint density at radius 3 is 2.12 bits per heavy atom. The van der Waals surface area contributed by atoms with Gasteiger partial charge in [0.25, 0.3) is 0 Å². The summed E-state index contributed by atoms with van der Waals surface area (Å²) in [7, 11) is 0. The van der Waals surface area contributed by atoms with E-state index >= 15 is 0 Å². The summed E-state index contributed by atoms with van der Waals surface area (Å²) < 4.78 is 0. The van der Waals surface area contributed by atoms with E-state index < -0.39 is 0 Å². The molecule has 16 heavy (non-hydrogen) atoms. The molecule has 2 aliphatic rings. The average Bonchev–Trinajstić information content (AvgIpc) is 2.15. The fraction of sp³-hybridized carbons (Fsp3) is 1.00. The van der Waals surface area contributed by atoms with Gasteiger partial charge in [0.15, 0.2) is 0 Å². The lowest BCUT2D eigenvalue weighted by molar-refractivity contribution is 0.0509. The van der Waals surface area contributed by atoms with Crippen LogP contribution in [0, 0.1) is 5.92 Å². The van der Waals surface area contributed by atoms with Gasteiger partial charge in [0.1, 0.15) is 0 Å². The third-order valence-corrected chi connectivity index (χ3v) is 4.06. The predicted octanol–water partition coefficient (Wildman–Crippen LogP) is 1.01. The Morgan fingerprint density at radius 2 is 1.69 bits per heavy atom. The van der Waals surface area contributed by atoms with Gasteiger partial charge in [-0.15, -0.1) is 0 Å². The highest BCUT2D eigenvalue weighted by molar-refractivity contribution is 4.88. The van der Waals surface area contributed by atoms with Crippen LogP contribution in [0.3, 0.4) is 0 Å². The van der Waals surface area contributed by atoms with E-state index in [-0.39, 0.29) is 0 Å². The second-order valence-corrected chi connectivity index (χ2v) is 5.86. The molecule has 94 valence electrons. The number of rotatable bonds is 4. The van der Waals surface area contributed by atoms with E-state index in [9.17, 15) is 0 Å². The molecule has 2 aliphatic heterocycles. The summed E-state index contributed by atoms with van der Waals surface area (Å²) in [5.74, 6) is 0.823. The van der Waals surface area contributed by atoms with E-state index in [4.69, 9.17) is 0 Å². The summed E-state index contributed by atoms with van der Waals surface area (Å²) >= 11 is 0. The Kier molecular flexibility index (Phi) is 4.22. The van der Waals surface area contributed by atoms with Gasteiger partial charge >= 0.3 is 0 Å². The SMILES string of the molecule is CC(C)CC(C)N1CCN(C2CNC2)CC1. The Bertz CT molecular complexity index is 205. The zero-order valence-electron chi connectivity index (χ0n) is 11.1. The highest BCUT2D eigenvalue weighted by atomic mass is 15.3. The molecule has 1 N–H and O–H groups in total. The van der Waals surface area contributed by atoms with Gasteiger partial charge in [-0.2, -0.15) is 0 Å². The van der Waals surface area contributed by atoms with Gasteiger partial charge in [0.05, 0.1) is 0 Å². The number of nitrogens with zero attached hydrogens (tertiary/aromatic N) is 2. The van der Waals surface area contributed by atoms with Crippen LogP contribution in [-0.2, 0) is 0 Å². The first-order valence-corrected chi connectivity index (χ1v) is 6.85. The van der Waals surface area contributed by atoms with Crippen molar-refractivity contribution in [3.05, 3.63) is 0 Å². The van der Waals surface area contributed by atoms with E-state index in [1.165, 1.54) is 45.7 Å². The highest BCUT2D eigenvalue weighted by Crippen LogP contribution is 2.15. The maximum Gasteiger partial charge on any atom is 0.0346 e. The summed E-state index contributed by atoms with van der Waals surface area (Å²) in [5, 5.41) is 3.36. The maximum absolute atomic E-state index is 3.36. The molecule has 1 atom stereocenters. The fourth-order valence-electron chi connectivity index (χ4n) is 2.91. The molecule has 0 amide bonds. The van der Waals surface area contributed by atoms with Gasteiger partial charge in [-0.25, -0.2) is 0 Å². The van der Waals surface area contributed by atoms with Crippen molar-refractivity contribution in [1.29, 1.82) is 0 Å². The Morgan fingerprint density at radius 1 is 1.06 bits per heavy atom. The largest absolute Gasteiger partial charge is 0.314 e. The molecule has 0 aliphatic carbocycles. The summed E-state index contributed by atoms with van der Waals surface area (Å²) in [6.07, 6.45) is 1.34. The van der Waals surface area contributed by atoms with Gasteiger partial charge < -0.3 is 5.32 Å². The minimum absolute atomic E-state index is 0.765. The molecule has 0 aromatic heterocycles. The van der Waals surface area contributed by atoms with Gasteiger partial charge in [-0.05, 0) is 19.3 Å². The zero-order valence-corrected chi connectivity index (χ0v) is 11.1. The van der Waals surface area contributed by atoms with Crippen molar-refractivity contribution in [3.8, 4) is 0 Å². The van der Waals surface area contributed by atoms with Crippen molar-refractivity contribution >= 4 is 0 Å². The molecule has 0 bridgehead atoms. The topological polar surface area (TPSA) is 18.5 Å². The molecule has 2 rings (SSSR count). The third kappa shape index (κ3) is 2.96. The van der Waals surface area contributed by atoms with E-state index in [1.54, 1.807) is 0 Å². The Hall–Kier alpha value is -0.120. The van der Waals surface area contributed by atoms with Crippen LogP contribution in [0.15, 0.2) is 0 Å². The number of piperazine rings is 1. The van der Waals surface area contributed by atoms with Crippen LogP contribution in [0.25, 0.3) is 0 Å². The molecule has 3 nitrogen and oxygen atoms in total. The Labute approximate surface area is 100 Å².